The molecule has 9 heteroatoms. The standard InChI is InChI=1S/C19H19N3O6/c1-3-19(13-7-5-4-6-8-13)17(25)22(18(26)20-19)21-15(23)11-28-16(24)14-9-10-27-12(14)2/h4-10H,3,11H2,1-2H3,(H,20,26)(H,21,23). The Balaban J connectivity index is 1.66. The van der Waals surface area contributed by atoms with Crippen molar-refractivity contribution in [2.75, 3.05) is 6.61 Å². The van der Waals surface area contributed by atoms with Crippen LogP contribution < -0.4 is 10.7 Å². The molecule has 0 spiro atoms. The molecule has 28 heavy (non-hydrogen) atoms. The van der Waals surface area contributed by atoms with Gasteiger partial charge in [0.25, 0.3) is 11.8 Å². The van der Waals surface area contributed by atoms with Gasteiger partial charge in [-0.05, 0) is 25.0 Å². The molecule has 0 aliphatic carbocycles. The SMILES string of the molecule is CCC1(c2ccccc2)NC(=O)N(NC(=O)COC(=O)c2ccoc2C)C1=O. The zero-order valence-electron chi connectivity index (χ0n) is 15.4. The number of nitrogens with one attached hydrogen (secondary N) is 2. The van der Waals surface area contributed by atoms with Gasteiger partial charge in [0.2, 0.25) is 0 Å². The summed E-state index contributed by atoms with van der Waals surface area (Å²) in [5.41, 5.74) is 1.71. The van der Waals surface area contributed by atoms with Gasteiger partial charge in [-0.2, -0.15) is 5.01 Å². The molecule has 2 heterocycles. The summed E-state index contributed by atoms with van der Waals surface area (Å²) >= 11 is 0. The van der Waals surface area contributed by atoms with Crippen LogP contribution in [0.1, 0.15) is 35.0 Å². The lowest BCUT2D eigenvalue weighted by atomic mass is 9.87. The fourth-order valence-electron chi connectivity index (χ4n) is 3.00. The molecule has 2 N–H and O–H groups in total. The number of hydrogen-bond donors (Lipinski definition) is 2. The summed E-state index contributed by atoms with van der Waals surface area (Å²) in [6.45, 7) is 2.67. The number of hydrazine groups is 1. The van der Waals surface area contributed by atoms with Crippen molar-refractivity contribution in [3.05, 3.63) is 59.5 Å². The van der Waals surface area contributed by atoms with E-state index < -0.39 is 36.0 Å². The van der Waals surface area contributed by atoms with Crippen molar-refractivity contribution in [2.24, 2.45) is 0 Å². The lowest BCUT2D eigenvalue weighted by Gasteiger charge is -2.25. The highest BCUT2D eigenvalue weighted by molar-refractivity contribution is 6.08. The molecule has 1 aromatic heterocycles. The molecule has 2 aromatic rings. The molecule has 1 atom stereocenters. The number of rotatable bonds is 6. The number of aryl methyl sites for hydroxylation is 1. The third-order valence-electron chi connectivity index (χ3n) is 4.54. The van der Waals surface area contributed by atoms with Crippen LogP contribution in [-0.2, 0) is 19.9 Å². The van der Waals surface area contributed by atoms with E-state index in [2.05, 4.69) is 10.7 Å². The van der Waals surface area contributed by atoms with Crippen molar-refractivity contribution >= 4 is 23.8 Å². The average Bonchev–Trinajstić information content (AvgIpc) is 3.23. The summed E-state index contributed by atoms with van der Waals surface area (Å²) in [5.74, 6) is -1.82. The summed E-state index contributed by atoms with van der Waals surface area (Å²) in [7, 11) is 0. The molecule has 0 radical (unpaired) electrons. The third kappa shape index (κ3) is 3.34. The minimum absolute atomic E-state index is 0.192. The lowest BCUT2D eigenvalue weighted by molar-refractivity contribution is -0.140. The van der Waals surface area contributed by atoms with Gasteiger partial charge in [-0.15, -0.1) is 0 Å². The number of hydrogen-bond acceptors (Lipinski definition) is 6. The van der Waals surface area contributed by atoms with Crippen LogP contribution in [0.25, 0.3) is 0 Å². The molecular formula is C19H19N3O6. The number of nitrogens with zero attached hydrogens (tertiary/aromatic N) is 1. The van der Waals surface area contributed by atoms with Crippen LogP contribution in [0.4, 0.5) is 4.79 Å². The van der Waals surface area contributed by atoms with Gasteiger partial charge in [-0.3, -0.25) is 15.0 Å². The number of benzene rings is 1. The Morgan fingerprint density at radius 1 is 1.21 bits per heavy atom. The molecule has 1 aromatic carbocycles. The van der Waals surface area contributed by atoms with Crippen LogP contribution in [0, 0.1) is 6.92 Å². The summed E-state index contributed by atoms with van der Waals surface area (Å²) in [4.78, 5) is 49.2. The summed E-state index contributed by atoms with van der Waals surface area (Å²) in [6, 6.07) is 9.41. The fourth-order valence-corrected chi connectivity index (χ4v) is 3.00. The van der Waals surface area contributed by atoms with Gasteiger partial charge in [-0.1, -0.05) is 37.3 Å². The number of amides is 4. The number of ether oxygens (including phenoxy) is 1. The van der Waals surface area contributed by atoms with Crippen molar-refractivity contribution in [1.82, 2.24) is 15.8 Å². The van der Waals surface area contributed by atoms with E-state index in [1.54, 1.807) is 44.2 Å². The van der Waals surface area contributed by atoms with Crippen LogP contribution in [0.2, 0.25) is 0 Å². The number of furan rings is 1. The zero-order chi connectivity index (χ0) is 20.3. The Morgan fingerprint density at radius 2 is 1.93 bits per heavy atom. The maximum absolute atomic E-state index is 12.9. The normalized spacial score (nSPS) is 18.7. The van der Waals surface area contributed by atoms with E-state index in [1.165, 1.54) is 12.3 Å². The highest BCUT2D eigenvalue weighted by atomic mass is 16.5. The van der Waals surface area contributed by atoms with Gasteiger partial charge in [0.1, 0.15) is 16.9 Å². The van der Waals surface area contributed by atoms with Gasteiger partial charge in [0.15, 0.2) is 6.61 Å². The van der Waals surface area contributed by atoms with Crippen molar-refractivity contribution in [2.45, 2.75) is 25.8 Å². The Bertz CT molecular complexity index is 923. The van der Waals surface area contributed by atoms with Gasteiger partial charge >= 0.3 is 12.0 Å². The minimum Gasteiger partial charge on any atom is -0.469 e. The highest BCUT2D eigenvalue weighted by Crippen LogP contribution is 2.31. The van der Waals surface area contributed by atoms with E-state index in [-0.39, 0.29) is 5.56 Å². The number of carbonyl (C=O) groups is 4. The minimum atomic E-state index is -1.27. The van der Waals surface area contributed by atoms with Crippen LogP contribution in [0.5, 0.6) is 0 Å². The molecule has 1 fully saturated rings. The van der Waals surface area contributed by atoms with Crippen molar-refractivity contribution in [3.63, 3.8) is 0 Å². The second-order valence-corrected chi connectivity index (χ2v) is 6.20. The molecular weight excluding hydrogens is 366 g/mol. The first-order valence-electron chi connectivity index (χ1n) is 8.62. The highest BCUT2D eigenvalue weighted by Gasteiger charge is 2.52. The number of imide groups is 1. The largest absolute Gasteiger partial charge is 0.469 e. The molecule has 1 saturated heterocycles. The molecule has 1 unspecified atom stereocenters. The molecule has 4 amide bonds. The van der Waals surface area contributed by atoms with E-state index in [4.69, 9.17) is 9.15 Å². The maximum Gasteiger partial charge on any atom is 0.344 e. The fraction of sp³-hybridized carbons (Fsp3) is 0.263. The van der Waals surface area contributed by atoms with Crippen LogP contribution in [0.3, 0.4) is 0 Å². The summed E-state index contributed by atoms with van der Waals surface area (Å²) in [6.07, 6.45) is 1.62. The van der Waals surface area contributed by atoms with Crippen molar-refractivity contribution < 1.29 is 28.3 Å². The number of urea groups is 1. The maximum atomic E-state index is 12.9. The predicted octanol–water partition coefficient (Wildman–Crippen LogP) is 1.63. The topological polar surface area (TPSA) is 118 Å². The predicted molar refractivity (Wildman–Crippen MR) is 95.7 cm³/mol. The van der Waals surface area contributed by atoms with Gasteiger partial charge in [-0.25, -0.2) is 9.59 Å². The Kier molecular flexibility index (Phi) is 5.16. The first-order valence-corrected chi connectivity index (χ1v) is 8.62. The first kappa shape index (κ1) is 19.2. The Hall–Kier alpha value is -3.62. The third-order valence-corrected chi connectivity index (χ3v) is 4.54. The van der Waals surface area contributed by atoms with E-state index in [1.807, 2.05) is 0 Å². The molecule has 9 nitrogen and oxygen atoms in total. The Labute approximate surface area is 160 Å². The first-order chi connectivity index (χ1) is 13.4. The average molecular weight is 385 g/mol. The molecule has 3 rings (SSSR count). The molecule has 146 valence electrons. The molecule has 0 bridgehead atoms. The lowest BCUT2D eigenvalue weighted by Crippen LogP contribution is -2.49. The van der Waals surface area contributed by atoms with Gasteiger partial charge < -0.3 is 14.5 Å². The second kappa shape index (κ2) is 7.55. The van der Waals surface area contributed by atoms with Crippen molar-refractivity contribution in [3.8, 4) is 0 Å². The van der Waals surface area contributed by atoms with E-state index in [9.17, 15) is 19.2 Å². The van der Waals surface area contributed by atoms with Crippen LogP contribution in [0.15, 0.2) is 47.1 Å². The molecule has 0 saturated carbocycles. The zero-order valence-corrected chi connectivity index (χ0v) is 15.4. The van der Waals surface area contributed by atoms with E-state index in [0.717, 1.165) is 0 Å². The summed E-state index contributed by atoms with van der Waals surface area (Å²) < 4.78 is 9.89. The monoisotopic (exact) mass is 385 g/mol. The van der Waals surface area contributed by atoms with Gasteiger partial charge in [0, 0.05) is 0 Å². The number of carbonyl (C=O) groups excluding carboxylic acids is 4. The van der Waals surface area contributed by atoms with Crippen molar-refractivity contribution in [1.29, 1.82) is 0 Å². The van der Waals surface area contributed by atoms with E-state index >= 15 is 0 Å². The molecule has 1 aliphatic heterocycles. The number of esters is 1. The second-order valence-electron chi connectivity index (χ2n) is 6.20. The summed E-state index contributed by atoms with van der Waals surface area (Å²) in [5, 5.41) is 3.24. The smallest absolute Gasteiger partial charge is 0.344 e. The van der Waals surface area contributed by atoms with E-state index in [0.29, 0.717) is 22.8 Å². The quantitative estimate of drug-likeness (QED) is 0.576. The van der Waals surface area contributed by atoms with Gasteiger partial charge in [0.05, 0.1) is 6.26 Å². The van der Waals surface area contributed by atoms with Crippen LogP contribution >= 0.6 is 0 Å². The molecule has 1 aliphatic rings. The Morgan fingerprint density at radius 3 is 2.54 bits per heavy atom. The van der Waals surface area contributed by atoms with Crippen LogP contribution in [-0.4, -0.2) is 35.4 Å².